The van der Waals surface area contributed by atoms with E-state index in [4.69, 9.17) is 0 Å². The standard InChI is InChI=1S/C16H16BrF2N/c1-2-16(12-3-5-13(17)6-4-12)20-10-11-7-14(18)9-15(19)8-11/h3-9,16,20H,2,10H2,1H3. The molecule has 1 atom stereocenters. The molecule has 2 aromatic rings. The van der Waals surface area contributed by atoms with E-state index in [9.17, 15) is 8.78 Å². The van der Waals surface area contributed by atoms with Crippen LogP contribution in [-0.2, 0) is 6.54 Å². The maximum absolute atomic E-state index is 13.1. The Bertz CT molecular complexity index is 549. The molecular weight excluding hydrogens is 324 g/mol. The fourth-order valence-electron chi connectivity index (χ4n) is 2.15. The molecular formula is C16H16BrF2N. The average molecular weight is 340 g/mol. The van der Waals surface area contributed by atoms with Crippen molar-refractivity contribution in [2.24, 2.45) is 0 Å². The van der Waals surface area contributed by atoms with Crippen LogP contribution in [0, 0.1) is 11.6 Å². The van der Waals surface area contributed by atoms with Crippen LogP contribution in [0.1, 0.15) is 30.5 Å². The van der Waals surface area contributed by atoms with Crippen molar-refractivity contribution in [1.82, 2.24) is 5.32 Å². The molecule has 0 bridgehead atoms. The van der Waals surface area contributed by atoms with Gasteiger partial charge in [0.05, 0.1) is 0 Å². The molecule has 0 spiro atoms. The van der Waals surface area contributed by atoms with Crippen molar-refractivity contribution >= 4 is 15.9 Å². The molecule has 0 aliphatic carbocycles. The minimum atomic E-state index is -0.543. The molecule has 0 aromatic heterocycles. The molecule has 4 heteroatoms. The minimum absolute atomic E-state index is 0.162. The lowest BCUT2D eigenvalue weighted by Gasteiger charge is -2.17. The van der Waals surface area contributed by atoms with Crippen LogP contribution in [0.3, 0.4) is 0 Å². The quantitative estimate of drug-likeness (QED) is 0.810. The molecule has 106 valence electrons. The summed E-state index contributed by atoms with van der Waals surface area (Å²) in [6, 6.07) is 11.8. The van der Waals surface area contributed by atoms with E-state index in [1.54, 1.807) is 0 Å². The van der Waals surface area contributed by atoms with Gasteiger partial charge in [-0.1, -0.05) is 35.0 Å². The fourth-order valence-corrected chi connectivity index (χ4v) is 2.41. The third kappa shape index (κ3) is 4.12. The molecule has 0 radical (unpaired) electrons. The lowest BCUT2D eigenvalue weighted by atomic mass is 10.0. The van der Waals surface area contributed by atoms with E-state index < -0.39 is 11.6 Å². The zero-order valence-electron chi connectivity index (χ0n) is 11.2. The van der Waals surface area contributed by atoms with Gasteiger partial charge in [-0.15, -0.1) is 0 Å². The summed E-state index contributed by atoms with van der Waals surface area (Å²) in [6.07, 6.45) is 0.902. The minimum Gasteiger partial charge on any atom is -0.306 e. The van der Waals surface area contributed by atoms with Gasteiger partial charge in [-0.05, 0) is 41.8 Å². The molecule has 2 aromatic carbocycles. The van der Waals surface area contributed by atoms with E-state index in [1.165, 1.54) is 12.1 Å². The van der Waals surface area contributed by atoms with Crippen molar-refractivity contribution in [3.8, 4) is 0 Å². The van der Waals surface area contributed by atoms with Crippen LogP contribution in [0.15, 0.2) is 46.9 Å². The predicted molar refractivity (Wildman–Crippen MR) is 80.4 cm³/mol. The first-order chi connectivity index (χ1) is 9.58. The average Bonchev–Trinajstić information content (AvgIpc) is 2.40. The first-order valence-corrected chi connectivity index (χ1v) is 7.31. The van der Waals surface area contributed by atoms with Gasteiger partial charge in [-0.2, -0.15) is 0 Å². The van der Waals surface area contributed by atoms with Gasteiger partial charge >= 0.3 is 0 Å². The Labute approximate surface area is 126 Å². The lowest BCUT2D eigenvalue weighted by molar-refractivity contribution is 0.513. The summed E-state index contributed by atoms with van der Waals surface area (Å²) in [5.41, 5.74) is 1.77. The molecule has 0 fully saturated rings. The maximum Gasteiger partial charge on any atom is 0.126 e. The van der Waals surface area contributed by atoms with Crippen molar-refractivity contribution < 1.29 is 8.78 Å². The molecule has 0 saturated carbocycles. The van der Waals surface area contributed by atoms with Crippen LogP contribution in [-0.4, -0.2) is 0 Å². The molecule has 1 nitrogen and oxygen atoms in total. The summed E-state index contributed by atoms with van der Waals surface area (Å²) < 4.78 is 27.3. The van der Waals surface area contributed by atoms with Gasteiger partial charge in [-0.3, -0.25) is 0 Å². The zero-order chi connectivity index (χ0) is 14.5. The Morgan fingerprint density at radius 2 is 1.65 bits per heavy atom. The second-order valence-electron chi connectivity index (χ2n) is 4.67. The van der Waals surface area contributed by atoms with Gasteiger partial charge in [0.15, 0.2) is 0 Å². The highest BCUT2D eigenvalue weighted by atomic mass is 79.9. The molecule has 0 aliphatic heterocycles. The van der Waals surface area contributed by atoms with Gasteiger partial charge in [0.2, 0.25) is 0 Å². The number of benzene rings is 2. The van der Waals surface area contributed by atoms with E-state index in [-0.39, 0.29) is 6.04 Å². The van der Waals surface area contributed by atoms with Crippen LogP contribution in [0.4, 0.5) is 8.78 Å². The summed E-state index contributed by atoms with van der Waals surface area (Å²) in [4.78, 5) is 0. The molecule has 1 unspecified atom stereocenters. The number of hydrogen-bond donors (Lipinski definition) is 1. The highest BCUT2D eigenvalue weighted by molar-refractivity contribution is 9.10. The smallest absolute Gasteiger partial charge is 0.126 e. The molecule has 1 N–H and O–H groups in total. The third-order valence-corrected chi connectivity index (χ3v) is 3.68. The normalized spacial score (nSPS) is 12.4. The summed E-state index contributed by atoms with van der Waals surface area (Å²) in [5, 5.41) is 3.33. The molecule has 20 heavy (non-hydrogen) atoms. The number of rotatable bonds is 5. The Morgan fingerprint density at radius 3 is 2.20 bits per heavy atom. The first-order valence-electron chi connectivity index (χ1n) is 6.52. The monoisotopic (exact) mass is 339 g/mol. The van der Waals surface area contributed by atoms with Gasteiger partial charge in [-0.25, -0.2) is 8.78 Å². The van der Waals surface area contributed by atoms with Crippen molar-refractivity contribution in [2.45, 2.75) is 25.9 Å². The van der Waals surface area contributed by atoms with Crippen molar-refractivity contribution in [1.29, 1.82) is 0 Å². The first kappa shape index (κ1) is 15.1. The molecule has 0 heterocycles. The number of halogens is 3. The highest BCUT2D eigenvalue weighted by Gasteiger charge is 2.09. The fraction of sp³-hybridized carbons (Fsp3) is 0.250. The van der Waals surface area contributed by atoms with Gasteiger partial charge < -0.3 is 5.32 Å². The van der Waals surface area contributed by atoms with Crippen LogP contribution in [0.25, 0.3) is 0 Å². The molecule has 0 amide bonds. The van der Waals surface area contributed by atoms with Crippen molar-refractivity contribution in [2.75, 3.05) is 0 Å². The van der Waals surface area contributed by atoms with E-state index in [1.807, 2.05) is 24.3 Å². The number of hydrogen-bond acceptors (Lipinski definition) is 1. The van der Waals surface area contributed by atoms with Crippen LogP contribution >= 0.6 is 15.9 Å². The van der Waals surface area contributed by atoms with Crippen molar-refractivity contribution in [3.05, 3.63) is 69.7 Å². The van der Waals surface area contributed by atoms with Crippen molar-refractivity contribution in [3.63, 3.8) is 0 Å². The van der Waals surface area contributed by atoms with E-state index in [2.05, 4.69) is 28.2 Å². The van der Waals surface area contributed by atoms with E-state index in [0.29, 0.717) is 12.1 Å². The van der Waals surface area contributed by atoms with E-state index in [0.717, 1.165) is 22.5 Å². The number of nitrogens with one attached hydrogen (secondary N) is 1. The second kappa shape index (κ2) is 6.95. The summed E-state index contributed by atoms with van der Waals surface area (Å²) in [5.74, 6) is -1.09. The Balaban J connectivity index is 2.05. The summed E-state index contributed by atoms with van der Waals surface area (Å²) >= 11 is 3.40. The van der Waals surface area contributed by atoms with Gasteiger partial charge in [0, 0.05) is 23.1 Å². The van der Waals surface area contributed by atoms with Gasteiger partial charge in [0.25, 0.3) is 0 Å². The molecule has 0 aliphatic rings. The largest absolute Gasteiger partial charge is 0.306 e. The Hall–Kier alpha value is -1.26. The SMILES string of the molecule is CCC(NCc1cc(F)cc(F)c1)c1ccc(Br)cc1. The van der Waals surface area contributed by atoms with E-state index >= 15 is 0 Å². The summed E-state index contributed by atoms with van der Waals surface area (Å²) in [7, 11) is 0. The Kier molecular flexibility index (Phi) is 5.26. The van der Waals surface area contributed by atoms with Gasteiger partial charge in [0.1, 0.15) is 11.6 Å². The lowest BCUT2D eigenvalue weighted by Crippen LogP contribution is -2.20. The topological polar surface area (TPSA) is 12.0 Å². The second-order valence-corrected chi connectivity index (χ2v) is 5.59. The molecule has 0 saturated heterocycles. The molecule has 2 rings (SSSR count). The van der Waals surface area contributed by atoms with Crippen LogP contribution < -0.4 is 5.32 Å². The Morgan fingerprint density at radius 1 is 1.05 bits per heavy atom. The van der Waals surface area contributed by atoms with Crippen LogP contribution in [0.5, 0.6) is 0 Å². The summed E-state index contributed by atoms with van der Waals surface area (Å²) in [6.45, 7) is 2.51. The predicted octanol–water partition coefficient (Wildman–Crippen LogP) is 4.97. The third-order valence-electron chi connectivity index (χ3n) is 3.16. The highest BCUT2D eigenvalue weighted by Crippen LogP contribution is 2.20. The maximum atomic E-state index is 13.1. The zero-order valence-corrected chi connectivity index (χ0v) is 12.8. The van der Waals surface area contributed by atoms with Crippen LogP contribution in [0.2, 0.25) is 0 Å².